The highest BCUT2D eigenvalue weighted by Crippen LogP contribution is 2.28. The Balaban J connectivity index is 2.66. The van der Waals surface area contributed by atoms with E-state index in [0.717, 1.165) is 10.1 Å². The zero-order valence-electron chi connectivity index (χ0n) is 6.94. The van der Waals surface area contributed by atoms with Crippen molar-refractivity contribution in [2.45, 2.75) is 4.90 Å². The maximum absolute atomic E-state index is 8.98. The Morgan fingerprint density at radius 1 is 1.29 bits per heavy atom. The first-order chi connectivity index (χ1) is 6.58. The molecule has 0 saturated heterocycles. The van der Waals surface area contributed by atoms with Gasteiger partial charge in [-0.05, 0) is 23.6 Å². The van der Waals surface area contributed by atoms with Crippen molar-refractivity contribution in [3.8, 4) is 0 Å². The van der Waals surface area contributed by atoms with E-state index in [-0.39, 0.29) is 0 Å². The molecule has 0 unspecified atom stereocenters. The first-order valence-corrected chi connectivity index (χ1v) is 5.50. The molecule has 2 rings (SSSR count). The summed E-state index contributed by atoms with van der Waals surface area (Å²) in [6.45, 7) is 0. The van der Waals surface area contributed by atoms with Gasteiger partial charge in [-0.2, -0.15) is 0 Å². The molecule has 2 aromatic rings. The number of thiol groups is 1. The Morgan fingerprint density at radius 3 is 2.64 bits per heavy atom. The van der Waals surface area contributed by atoms with Crippen LogP contribution in [0.25, 0.3) is 10.1 Å². The van der Waals surface area contributed by atoms with E-state index in [2.05, 4.69) is 12.6 Å². The second-order valence-corrected chi connectivity index (χ2v) is 4.87. The lowest BCUT2D eigenvalue weighted by Gasteiger charge is -1.95. The summed E-state index contributed by atoms with van der Waals surface area (Å²) in [7, 11) is -1.42. The average molecular weight is 245 g/mol. The fraction of sp³-hybridized carbons (Fsp3) is 0. The molecule has 0 aliphatic rings. The lowest BCUT2D eigenvalue weighted by molar-refractivity contribution is 0.427. The molecule has 0 radical (unpaired) electrons. The highest BCUT2D eigenvalue weighted by atomic mass is 35.5. The summed E-state index contributed by atoms with van der Waals surface area (Å²) in [6, 6.07) is 5.29. The molecule has 0 amide bonds. The molecule has 0 fully saturated rings. The highest BCUT2D eigenvalue weighted by molar-refractivity contribution is 7.80. The number of fused-ring (bicyclic) bond motifs is 1. The number of benzene rings is 1. The summed E-state index contributed by atoms with van der Waals surface area (Å²) in [5.41, 5.74) is 0. The molecular weight excluding hydrogens is 238 g/mol. The van der Waals surface area contributed by atoms with Gasteiger partial charge in [0, 0.05) is 14.4 Å². The second kappa shape index (κ2) is 3.75. The molecule has 1 aromatic heterocycles. The van der Waals surface area contributed by atoms with Gasteiger partial charge in [-0.25, -0.2) is 0 Å². The molecule has 0 aliphatic heterocycles. The quantitative estimate of drug-likeness (QED) is 0.526. The van der Waals surface area contributed by atoms with Crippen molar-refractivity contribution in [2.24, 2.45) is 0 Å². The first kappa shape index (κ1) is 10.3. The summed E-state index contributed by atoms with van der Waals surface area (Å²) >= 11 is 11.4. The molecule has 14 heavy (non-hydrogen) atoms. The van der Waals surface area contributed by atoms with Crippen molar-refractivity contribution in [1.29, 1.82) is 0 Å². The lowest BCUT2D eigenvalue weighted by atomic mass is 9.89. The van der Waals surface area contributed by atoms with Crippen LogP contribution in [0.5, 0.6) is 0 Å². The molecule has 72 valence electrons. The third-order valence-corrected chi connectivity index (χ3v) is 3.81. The molecule has 0 spiro atoms. The Bertz CT molecular complexity index is 444. The van der Waals surface area contributed by atoms with Crippen LogP contribution in [-0.4, -0.2) is 17.2 Å². The van der Waals surface area contributed by atoms with E-state index in [0.29, 0.717) is 14.7 Å². The largest absolute Gasteiger partial charge is 0.499 e. The van der Waals surface area contributed by atoms with Gasteiger partial charge in [0.15, 0.2) is 0 Å². The summed E-state index contributed by atoms with van der Waals surface area (Å²) < 4.78 is 1.46. The normalized spacial score (nSPS) is 10.9. The van der Waals surface area contributed by atoms with Crippen LogP contribution in [0, 0.1) is 0 Å². The van der Waals surface area contributed by atoms with Crippen LogP contribution in [0.3, 0.4) is 0 Å². The van der Waals surface area contributed by atoms with Crippen molar-refractivity contribution in [2.75, 3.05) is 0 Å². The first-order valence-electron chi connectivity index (χ1n) is 3.86. The number of halogens is 1. The third-order valence-electron chi connectivity index (χ3n) is 1.86. The van der Waals surface area contributed by atoms with Crippen molar-refractivity contribution >= 4 is 57.5 Å². The standard InChI is InChI=1S/C8H6BClO2S2/c10-5-1-4-2-8(9(11)12)14-7(4)3-6(5)13/h1-3,11-13H. The zero-order chi connectivity index (χ0) is 10.3. The minimum atomic E-state index is -1.42. The molecule has 2 nitrogen and oxygen atoms in total. The van der Waals surface area contributed by atoms with Crippen LogP contribution in [0.15, 0.2) is 23.1 Å². The van der Waals surface area contributed by atoms with Gasteiger partial charge in [0.25, 0.3) is 0 Å². The van der Waals surface area contributed by atoms with Gasteiger partial charge in [0.1, 0.15) is 0 Å². The van der Waals surface area contributed by atoms with E-state index in [1.54, 1.807) is 12.1 Å². The molecule has 2 N–H and O–H groups in total. The molecule has 6 heteroatoms. The average Bonchev–Trinajstić information content (AvgIpc) is 2.48. The van der Waals surface area contributed by atoms with E-state index >= 15 is 0 Å². The molecule has 0 aliphatic carbocycles. The number of hydrogen-bond acceptors (Lipinski definition) is 4. The summed E-state index contributed by atoms with van der Waals surface area (Å²) in [6.07, 6.45) is 0. The minimum absolute atomic E-state index is 0.509. The fourth-order valence-electron chi connectivity index (χ4n) is 1.20. The number of rotatable bonds is 1. The van der Waals surface area contributed by atoms with Crippen LogP contribution >= 0.6 is 35.6 Å². The Kier molecular flexibility index (Phi) is 2.77. The summed E-state index contributed by atoms with van der Waals surface area (Å²) in [4.78, 5) is 0.694. The van der Waals surface area contributed by atoms with Crippen LogP contribution in [-0.2, 0) is 0 Å². The van der Waals surface area contributed by atoms with Crippen molar-refractivity contribution in [3.63, 3.8) is 0 Å². The molecule has 0 bridgehead atoms. The van der Waals surface area contributed by atoms with Gasteiger partial charge in [-0.15, -0.1) is 24.0 Å². The zero-order valence-corrected chi connectivity index (χ0v) is 9.40. The Morgan fingerprint density at radius 2 is 2.00 bits per heavy atom. The predicted octanol–water partition coefficient (Wildman–Crippen LogP) is 1.52. The fourth-order valence-corrected chi connectivity index (χ4v) is 2.61. The van der Waals surface area contributed by atoms with Gasteiger partial charge in [-0.3, -0.25) is 0 Å². The summed E-state index contributed by atoms with van der Waals surface area (Å²) in [5.74, 6) is 0. The van der Waals surface area contributed by atoms with Gasteiger partial charge in [0.05, 0.1) is 5.02 Å². The van der Waals surface area contributed by atoms with Crippen LogP contribution in [0.2, 0.25) is 5.02 Å². The smallest absolute Gasteiger partial charge is 0.423 e. The highest BCUT2D eigenvalue weighted by Gasteiger charge is 2.15. The summed E-state index contributed by atoms with van der Waals surface area (Å²) in [5, 5.41) is 19.4. The number of hydrogen-bond donors (Lipinski definition) is 3. The number of thiophene rings is 1. The van der Waals surface area contributed by atoms with E-state index in [4.69, 9.17) is 21.6 Å². The van der Waals surface area contributed by atoms with Crippen LogP contribution in [0.4, 0.5) is 0 Å². The van der Waals surface area contributed by atoms with Gasteiger partial charge in [-0.1, -0.05) is 11.6 Å². The van der Waals surface area contributed by atoms with E-state index < -0.39 is 7.12 Å². The Labute approximate surface area is 95.7 Å². The minimum Gasteiger partial charge on any atom is -0.423 e. The van der Waals surface area contributed by atoms with Crippen LogP contribution in [0.1, 0.15) is 0 Å². The second-order valence-electron chi connectivity index (χ2n) is 2.86. The van der Waals surface area contributed by atoms with E-state index in [1.165, 1.54) is 11.3 Å². The van der Waals surface area contributed by atoms with Crippen molar-refractivity contribution < 1.29 is 10.0 Å². The topological polar surface area (TPSA) is 40.5 Å². The SMILES string of the molecule is OB(O)c1cc2cc(Cl)c(S)cc2s1. The monoisotopic (exact) mass is 244 g/mol. The van der Waals surface area contributed by atoms with Crippen LogP contribution < -0.4 is 4.78 Å². The van der Waals surface area contributed by atoms with E-state index in [1.807, 2.05) is 6.07 Å². The maximum Gasteiger partial charge on any atom is 0.499 e. The molecular formula is C8H6BClO2S2. The van der Waals surface area contributed by atoms with Gasteiger partial charge >= 0.3 is 7.12 Å². The van der Waals surface area contributed by atoms with E-state index in [9.17, 15) is 0 Å². The molecule has 1 aromatic carbocycles. The predicted molar refractivity (Wildman–Crippen MR) is 63.9 cm³/mol. The van der Waals surface area contributed by atoms with Gasteiger partial charge in [0.2, 0.25) is 0 Å². The van der Waals surface area contributed by atoms with Gasteiger partial charge < -0.3 is 10.0 Å². The molecule has 1 heterocycles. The molecule has 0 saturated carbocycles. The third kappa shape index (κ3) is 1.78. The lowest BCUT2D eigenvalue weighted by Crippen LogP contribution is -2.26. The maximum atomic E-state index is 8.98. The molecule has 0 atom stereocenters. The Hall–Kier alpha value is -0.195. The van der Waals surface area contributed by atoms with Crippen molar-refractivity contribution in [3.05, 3.63) is 23.2 Å². The van der Waals surface area contributed by atoms with Crippen molar-refractivity contribution in [1.82, 2.24) is 0 Å².